The van der Waals surface area contributed by atoms with Crippen molar-refractivity contribution in [1.82, 2.24) is 4.90 Å². The number of carboxylic acid groups (broad SMARTS) is 1. The third kappa shape index (κ3) is 4.88. The van der Waals surface area contributed by atoms with Crippen molar-refractivity contribution in [2.75, 3.05) is 13.1 Å². The minimum absolute atomic E-state index is 0.185. The van der Waals surface area contributed by atoms with E-state index in [4.69, 9.17) is 5.11 Å². The molecule has 0 unspecified atom stereocenters. The second-order valence-corrected chi connectivity index (χ2v) is 5.91. The lowest BCUT2D eigenvalue weighted by Crippen LogP contribution is -2.39. The van der Waals surface area contributed by atoms with Crippen LogP contribution in [0.25, 0.3) is 0 Å². The molecule has 1 N–H and O–H groups in total. The molecule has 0 aromatic heterocycles. The summed E-state index contributed by atoms with van der Waals surface area (Å²) in [5, 5.41) is 8.79. The summed E-state index contributed by atoms with van der Waals surface area (Å²) in [5.41, 5.74) is 2.42. The van der Waals surface area contributed by atoms with Gasteiger partial charge in [-0.25, -0.2) is 0 Å². The molecule has 4 heteroatoms. The highest BCUT2D eigenvalue weighted by Crippen LogP contribution is 2.21. The Morgan fingerprint density at radius 1 is 1.29 bits per heavy atom. The summed E-state index contributed by atoms with van der Waals surface area (Å²) in [5.74, 6) is -0.326. The van der Waals surface area contributed by atoms with Crippen LogP contribution < -0.4 is 0 Å². The van der Waals surface area contributed by atoms with Gasteiger partial charge in [-0.05, 0) is 37.7 Å². The molecule has 4 nitrogen and oxygen atoms in total. The van der Waals surface area contributed by atoms with Crippen LogP contribution >= 0.6 is 0 Å². The van der Waals surface area contributed by atoms with E-state index in [1.807, 2.05) is 11.0 Å². The van der Waals surface area contributed by atoms with E-state index in [-0.39, 0.29) is 18.2 Å². The highest BCUT2D eigenvalue weighted by Gasteiger charge is 2.23. The molecule has 0 aliphatic carbocycles. The van der Waals surface area contributed by atoms with Crippen molar-refractivity contribution < 1.29 is 14.7 Å². The summed E-state index contributed by atoms with van der Waals surface area (Å²) in [6.45, 7) is 3.45. The lowest BCUT2D eigenvalue weighted by molar-refractivity contribution is -0.138. The van der Waals surface area contributed by atoms with Gasteiger partial charge in [-0.1, -0.05) is 29.8 Å². The van der Waals surface area contributed by atoms with Crippen LogP contribution in [0.1, 0.15) is 36.8 Å². The van der Waals surface area contributed by atoms with E-state index in [0.717, 1.165) is 19.3 Å². The van der Waals surface area contributed by atoms with Gasteiger partial charge in [0.2, 0.25) is 5.91 Å². The molecular weight excluding hydrogens is 266 g/mol. The van der Waals surface area contributed by atoms with Crippen molar-refractivity contribution in [2.24, 2.45) is 5.92 Å². The number of rotatable bonds is 5. The summed E-state index contributed by atoms with van der Waals surface area (Å²) in [4.78, 5) is 24.8. The normalized spacial score (nSPS) is 16.0. The quantitative estimate of drug-likeness (QED) is 0.906. The molecule has 1 aliphatic heterocycles. The maximum absolute atomic E-state index is 12.2. The van der Waals surface area contributed by atoms with Crippen molar-refractivity contribution >= 4 is 11.9 Å². The minimum atomic E-state index is -0.737. The summed E-state index contributed by atoms with van der Waals surface area (Å²) >= 11 is 0. The average molecular weight is 289 g/mol. The van der Waals surface area contributed by atoms with Gasteiger partial charge in [0.25, 0.3) is 0 Å². The number of nitrogens with zero attached hydrogens (tertiary/aromatic N) is 1. The van der Waals surface area contributed by atoms with Crippen LogP contribution in [0.4, 0.5) is 0 Å². The van der Waals surface area contributed by atoms with Gasteiger partial charge in [0.05, 0.1) is 0 Å². The number of carbonyl (C=O) groups is 2. The van der Waals surface area contributed by atoms with Gasteiger partial charge in [-0.3, -0.25) is 9.59 Å². The van der Waals surface area contributed by atoms with E-state index in [0.29, 0.717) is 19.5 Å². The zero-order valence-corrected chi connectivity index (χ0v) is 12.5. The molecule has 1 fully saturated rings. The van der Waals surface area contributed by atoms with E-state index < -0.39 is 5.97 Å². The Morgan fingerprint density at radius 3 is 2.62 bits per heavy atom. The van der Waals surface area contributed by atoms with Crippen LogP contribution in [0.2, 0.25) is 0 Å². The molecule has 21 heavy (non-hydrogen) atoms. The van der Waals surface area contributed by atoms with Crippen molar-refractivity contribution in [3.8, 4) is 0 Å². The maximum Gasteiger partial charge on any atom is 0.303 e. The first-order chi connectivity index (χ1) is 10.0. The second-order valence-electron chi connectivity index (χ2n) is 5.91. The van der Waals surface area contributed by atoms with Crippen molar-refractivity contribution in [3.05, 3.63) is 35.4 Å². The predicted octanol–water partition coefficient (Wildman–Crippen LogP) is 2.64. The first-order valence-corrected chi connectivity index (χ1v) is 7.59. The van der Waals surface area contributed by atoms with Gasteiger partial charge >= 0.3 is 5.97 Å². The number of amides is 1. The molecule has 0 spiro atoms. The van der Waals surface area contributed by atoms with Crippen LogP contribution in [-0.2, 0) is 16.0 Å². The number of likely N-dealkylation sites (tertiary alicyclic amines) is 1. The zero-order chi connectivity index (χ0) is 15.2. The fraction of sp³-hybridized carbons (Fsp3) is 0.529. The third-order valence-corrected chi connectivity index (χ3v) is 4.14. The summed E-state index contributed by atoms with van der Waals surface area (Å²) in [6.07, 6.45) is 3.15. The van der Waals surface area contributed by atoms with Gasteiger partial charge in [-0.15, -0.1) is 0 Å². The topological polar surface area (TPSA) is 57.6 Å². The number of benzene rings is 1. The SMILES string of the molecule is Cc1cccc(CCC(=O)N2CCC(CC(=O)O)CC2)c1. The fourth-order valence-electron chi connectivity index (χ4n) is 2.91. The number of aryl methyl sites for hydroxylation is 2. The molecule has 1 aliphatic rings. The highest BCUT2D eigenvalue weighted by molar-refractivity contribution is 5.76. The Balaban J connectivity index is 1.76. The maximum atomic E-state index is 12.2. The average Bonchev–Trinajstić information content (AvgIpc) is 2.45. The first-order valence-electron chi connectivity index (χ1n) is 7.59. The second kappa shape index (κ2) is 7.25. The van der Waals surface area contributed by atoms with Crippen molar-refractivity contribution in [1.29, 1.82) is 0 Å². The molecule has 0 bridgehead atoms. The Labute approximate surface area is 125 Å². The van der Waals surface area contributed by atoms with Crippen LogP contribution in [-0.4, -0.2) is 35.0 Å². The molecule has 0 saturated carbocycles. The highest BCUT2D eigenvalue weighted by atomic mass is 16.4. The molecule has 114 valence electrons. The predicted molar refractivity (Wildman–Crippen MR) is 81.1 cm³/mol. The van der Waals surface area contributed by atoms with E-state index >= 15 is 0 Å². The Bertz CT molecular complexity index is 505. The van der Waals surface area contributed by atoms with Gasteiger partial charge in [0, 0.05) is 25.9 Å². The Hall–Kier alpha value is -1.84. The van der Waals surface area contributed by atoms with E-state index in [1.165, 1.54) is 11.1 Å². The summed E-state index contributed by atoms with van der Waals surface area (Å²) in [7, 11) is 0. The van der Waals surface area contributed by atoms with Crippen LogP contribution in [0.15, 0.2) is 24.3 Å². The first kappa shape index (κ1) is 15.5. The van der Waals surface area contributed by atoms with E-state index in [2.05, 4.69) is 25.1 Å². The smallest absolute Gasteiger partial charge is 0.303 e. The minimum Gasteiger partial charge on any atom is -0.481 e. The van der Waals surface area contributed by atoms with Crippen molar-refractivity contribution in [3.63, 3.8) is 0 Å². The molecule has 1 amide bonds. The molecule has 1 heterocycles. The monoisotopic (exact) mass is 289 g/mol. The van der Waals surface area contributed by atoms with E-state index in [1.54, 1.807) is 0 Å². The number of carbonyl (C=O) groups excluding carboxylic acids is 1. The standard InChI is InChI=1S/C17H23NO3/c1-13-3-2-4-14(11-13)5-6-16(19)18-9-7-15(8-10-18)12-17(20)21/h2-4,11,15H,5-10,12H2,1H3,(H,20,21). The zero-order valence-electron chi connectivity index (χ0n) is 12.5. The molecule has 2 rings (SSSR count). The van der Waals surface area contributed by atoms with Crippen LogP contribution in [0.5, 0.6) is 0 Å². The Morgan fingerprint density at radius 2 is 2.00 bits per heavy atom. The third-order valence-electron chi connectivity index (χ3n) is 4.14. The van der Waals surface area contributed by atoms with Crippen molar-refractivity contribution in [2.45, 2.75) is 39.0 Å². The molecule has 0 atom stereocenters. The molecular formula is C17H23NO3. The molecule has 0 radical (unpaired) electrons. The van der Waals surface area contributed by atoms with Gasteiger partial charge in [-0.2, -0.15) is 0 Å². The number of piperidine rings is 1. The number of carboxylic acids is 1. The lowest BCUT2D eigenvalue weighted by atomic mass is 9.93. The number of hydrogen-bond acceptors (Lipinski definition) is 2. The summed E-state index contributed by atoms with van der Waals surface area (Å²) in [6, 6.07) is 8.25. The van der Waals surface area contributed by atoms with Gasteiger partial charge in [0.15, 0.2) is 0 Å². The van der Waals surface area contributed by atoms with Gasteiger partial charge in [0.1, 0.15) is 0 Å². The number of aliphatic carboxylic acids is 1. The fourth-order valence-corrected chi connectivity index (χ4v) is 2.91. The van der Waals surface area contributed by atoms with Gasteiger partial charge < -0.3 is 10.0 Å². The molecule has 1 saturated heterocycles. The van der Waals surface area contributed by atoms with Crippen LogP contribution in [0, 0.1) is 12.8 Å². The Kier molecular flexibility index (Phi) is 5.37. The molecule has 1 aromatic rings. The van der Waals surface area contributed by atoms with E-state index in [9.17, 15) is 9.59 Å². The summed E-state index contributed by atoms with van der Waals surface area (Å²) < 4.78 is 0. The largest absolute Gasteiger partial charge is 0.481 e. The van der Waals surface area contributed by atoms with Crippen LogP contribution in [0.3, 0.4) is 0 Å². The lowest BCUT2D eigenvalue weighted by Gasteiger charge is -2.31. The number of hydrogen-bond donors (Lipinski definition) is 1. The molecule has 1 aromatic carbocycles.